The van der Waals surface area contributed by atoms with E-state index in [0.29, 0.717) is 16.7 Å². The van der Waals surface area contributed by atoms with E-state index < -0.39 is 8.07 Å². The Morgan fingerprint density at radius 3 is 2.17 bits per heavy atom. The van der Waals surface area contributed by atoms with E-state index >= 15 is 0 Å². The number of nitrogens with zero attached hydrogens (tertiary/aromatic N) is 2. The van der Waals surface area contributed by atoms with Crippen LogP contribution in [0, 0.1) is 28.7 Å². The Balaban J connectivity index is 0.000000347. The third kappa shape index (κ3) is 9.95. The number of rotatable bonds is 10. The van der Waals surface area contributed by atoms with Crippen LogP contribution in [0.5, 0.6) is 0 Å². The maximum Gasteiger partial charge on any atom is 0.162 e. The van der Waals surface area contributed by atoms with Crippen LogP contribution >= 0.6 is 11.3 Å². The van der Waals surface area contributed by atoms with Crippen molar-refractivity contribution in [2.45, 2.75) is 126 Å². The van der Waals surface area contributed by atoms with Crippen molar-refractivity contribution < 1.29 is 31.4 Å². The first kappa shape index (κ1) is 41.5. The van der Waals surface area contributed by atoms with Crippen molar-refractivity contribution in [3.8, 4) is 11.3 Å². The van der Waals surface area contributed by atoms with Gasteiger partial charge in [-0.2, -0.15) is 0 Å². The van der Waals surface area contributed by atoms with Crippen LogP contribution in [0.25, 0.3) is 42.3 Å². The summed E-state index contributed by atoms with van der Waals surface area (Å²) in [6.45, 7) is 24.9. The second-order valence-electron chi connectivity index (χ2n) is 17.7. The number of carbonyl (C=O) groups excluding carboxylic acids is 1. The van der Waals surface area contributed by atoms with Gasteiger partial charge in [0.15, 0.2) is 5.78 Å². The Bertz CT molecular complexity index is 2110. The first-order valence-corrected chi connectivity index (χ1v) is 23.8. The molecule has 0 saturated heterocycles. The summed E-state index contributed by atoms with van der Waals surface area (Å²) >= 11 is 1.77. The van der Waals surface area contributed by atoms with Crippen molar-refractivity contribution >= 4 is 61.5 Å². The van der Waals surface area contributed by atoms with Gasteiger partial charge in [-0.15, -0.1) is 40.1 Å². The second kappa shape index (κ2) is 17.4. The first-order chi connectivity index (χ1) is 24.9. The van der Waals surface area contributed by atoms with E-state index in [1.54, 1.807) is 11.3 Å². The molecule has 53 heavy (non-hydrogen) atoms. The number of hydrogen-bond donors (Lipinski definition) is 1. The van der Waals surface area contributed by atoms with Gasteiger partial charge >= 0.3 is 0 Å². The van der Waals surface area contributed by atoms with Gasteiger partial charge in [0.05, 0.1) is 19.3 Å². The zero-order valence-electron chi connectivity index (χ0n) is 34.9. The molecule has 0 bridgehead atoms. The van der Waals surface area contributed by atoms with Gasteiger partial charge in [-0.3, -0.25) is 9.78 Å². The van der Waals surface area contributed by atoms with E-state index in [9.17, 15) is 9.90 Å². The predicted molar refractivity (Wildman–Crippen MR) is 228 cm³/mol. The molecule has 0 atom stereocenters. The minimum Gasteiger partial charge on any atom is -0.512 e. The molecule has 1 aliphatic rings. The third-order valence-corrected chi connectivity index (χ3v) is 14.4. The molecule has 6 rings (SSSR count). The van der Waals surface area contributed by atoms with E-state index in [-0.39, 0.29) is 49.8 Å². The average molecular weight is 927 g/mol. The van der Waals surface area contributed by atoms with E-state index in [1.807, 2.05) is 27.7 Å². The van der Waals surface area contributed by atoms with Crippen molar-refractivity contribution in [1.82, 2.24) is 9.97 Å². The number of benzene rings is 3. The molecule has 5 aromatic rings. The minimum atomic E-state index is -1.63. The number of allylic oxidation sites excluding steroid dienone is 2. The first-order valence-electron chi connectivity index (χ1n) is 20.0. The molecule has 1 N–H and O–H groups in total. The molecule has 0 amide bonds. The molecule has 287 valence electrons. The molecule has 2 aromatic heterocycles. The standard InChI is InChI=1S/C33H37N2SSi.C13H24O2.Ir/c1-32(2)17-24(18-33(3,4)19-32)21-12-13-26-27(15-21)36-31-29(34-20-35-30(26)31)23-14-22-10-8-9-11-25(22)28(16-23)37(5,6)7;1-5-10(6-2)12(14)9-13(15)11(7-3)8-4;/h8-13,15-16,20,24H,17-19H2,1-7H3;9-11,14H,5-8H2,1-4H3;/q-1;;/b;12-9-;/i20D;;. The zero-order chi connectivity index (χ0) is 38.9. The van der Waals surface area contributed by atoms with Gasteiger partial charge in [0.2, 0.25) is 0 Å². The smallest absolute Gasteiger partial charge is 0.162 e. The number of aliphatic hydroxyl groups is 1. The Hall–Kier alpha value is -2.70. The van der Waals surface area contributed by atoms with Crippen LogP contribution in [-0.4, -0.2) is 28.9 Å². The molecule has 0 spiro atoms. The quantitative estimate of drug-likeness (QED) is 0.0656. The fraction of sp³-hybridized carbons (Fsp3) is 0.500. The maximum absolute atomic E-state index is 11.7. The van der Waals surface area contributed by atoms with E-state index in [1.165, 1.54) is 46.2 Å². The molecule has 1 saturated carbocycles. The number of aliphatic hydroxyl groups excluding tert-OH is 1. The third-order valence-electron chi connectivity index (χ3n) is 11.2. The molecule has 7 heteroatoms. The number of fused-ring (bicyclic) bond motifs is 4. The normalized spacial score (nSPS) is 16.5. The van der Waals surface area contributed by atoms with Crippen LogP contribution in [0.1, 0.15) is 113 Å². The molecule has 0 aliphatic heterocycles. The fourth-order valence-corrected chi connectivity index (χ4v) is 11.6. The number of hydrogen-bond acceptors (Lipinski definition) is 5. The van der Waals surface area contributed by atoms with Gasteiger partial charge in [-0.1, -0.05) is 116 Å². The number of thiophene rings is 1. The molecule has 4 nitrogen and oxygen atoms in total. The van der Waals surface area contributed by atoms with Crippen molar-refractivity contribution in [3.05, 3.63) is 78.3 Å². The van der Waals surface area contributed by atoms with Gasteiger partial charge in [-0.25, -0.2) is 4.98 Å². The zero-order valence-corrected chi connectivity index (χ0v) is 38.1. The summed E-state index contributed by atoms with van der Waals surface area (Å²) in [5.74, 6) is 1.11. The largest absolute Gasteiger partial charge is 0.512 e. The maximum atomic E-state index is 11.7. The van der Waals surface area contributed by atoms with Gasteiger partial charge in [0.25, 0.3) is 0 Å². The predicted octanol–water partition coefficient (Wildman–Crippen LogP) is 13.2. The Morgan fingerprint density at radius 1 is 0.943 bits per heavy atom. The molecule has 1 fully saturated rings. The molecular formula is C46H61IrN2O2SSi-. The van der Waals surface area contributed by atoms with Crippen molar-refractivity contribution in [2.75, 3.05) is 0 Å². The molecule has 3 aromatic carbocycles. The topological polar surface area (TPSA) is 63.1 Å². The van der Waals surface area contributed by atoms with Crippen LogP contribution in [0.4, 0.5) is 0 Å². The van der Waals surface area contributed by atoms with E-state index in [4.69, 9.17) is 6.35 Å². The molecule has 1 aliphatic carbocycles. The monoisotopic (exact) mass is 927 g/mol. The van der Waals surface area contributed by atoms with Crippen molar-refractivity contribution in [1.29, 1.82) is 0 Å². The van der Waals surface area contributed by atoms with Crippen LogP contribution in [0.2, 0.25) is 19.6 Å². The molecular weight excluding hydrogens is 865 g/mol. The average Bonchev–Trinajstić information content (AvgIpc) is 3.44. The van der Waals surface area contributed by atoms with Crippen molar-refractivity contribution in [2.24, 2.45) is 22.7 Å². The van der Waals surface area contributed by atoms with Crippen LogP contribution < -0.4 is 5.19 Å². The number of carbonyl (C=O) groups is 1. The fourth-order valence-electron chi connectivity index (χ4n) is 8.82. The van der Waals surface area contributed by atoms with Gasteiger partial charge in [0.1, 0.15) is 7.67 Å². The van der Waals surface area contributed by atoms with Crippen LogP contribution in [0.3, 0.4) is 0 Å². The summed E-state index contributed by atoms with van der Waals surface area (Å²) in [4.78, 5) is 21.0. The molecule has 2 heterocycles. The van der Waals surface area contributed by atoms with Crippen LogP contribution in [-0.2, 0) is 24.9 Å². The van der Waals surface area contributed by atoms with Crippen LogP contribution in [0.15, 0.2) is 66.7 Å². The summed E-state index contributed by atoms with van der Waals surface area (Å²) in [6, 6.07) is 21.4. The molecule has 1 radical (unpaired) electrons. The number of ketones is 1. The summed E-state index contributed by atoms with van der Waals surface area (Å²) < 4.78 is 10.8. The minimum absolute atomic E-state index is 0. The summed E-state index contributed by atoms with van der Waals surface area (Å²) in [6.07, 6.45) is 8.70. The summed E-state index contributed by atoms with van der Waals surface area (Å²) in [7, 11) is -1.63. The Labute approximate surface area is 339 Å². The van der Waals surface area contributed by atoms with Crippen molar-refractivity contribution in [3.63, 3.8) is 0 Å². The summed E-state index contributed by atoms with van der Waals surface area (Å²) in [5.41, 5.74) is 4.84. The van der Waals surface area contributed by atoms with Gasteiger partial charge in [-0.05, 0) is 73.3 Å². The van der Waals surface area contributed by atoms with Gasteiger partial charge < -0.3 is 5.11 Å². The Morgan fingerprint density at radius 2 is 1.57 bits per heavy atom. The SMILES string of the molecule is CCC(CC)C(=O)/C=C(\O)C(CC)CC.[2H]c1nc(-c2[c-]c3ccccc3c([Si](C)(C)C)c2)c2sc3cc(C4CC(C)(C)CC(C)(C)C4)ccc3c2n1.[Ir]. The number of aromatic nitrogens is 2. The summed E-state index contributed by atoms with van der Waals surface area (Å²) in [5, 5.41) is 14.7. The molecule has 0 unspecified atom stereocenters. The second-order valence-corrected chi connectivity index (χ2v) is 23.8. The van der Waals surface area contributed by atoms with Gasteiger partial charge in [0, 0.05) is 58.5 Å². The van der Waals surface area contributed by atoms with E-state index in [2.05, 4.69) is 107 Å². The van der Waals surface area contributed by atoms with E-state index in [0.717, 1.165) is 57.9 Å². The Kier molecular flexibility index (Phi) is 13.6.